The van der Waals surface area contributed by atoms with Gasteiger partial charge in [-0.05, 0) is 44.4 Å². The van der Waals surface area contributed by atoms with Gasteiger partial charge in [-0.25, -0.2) is 0 Å². The predicted molar refractivity (Wildman–Crippen MR) is 68.1 cm³/mol. The topological polar surface area (TPSA) is 57.6 Å². The molecule has 0 atom stereocenters. The maximum absolute atomic E-state index is 11.8. The van der Waals surface area contributed by atoms with Crippen molar-refractivity contribution in [2.75, 3.05) is 13.1 Å². The molecular weight excluding hydrogens is 230 g/mol. The van der Waals surface area contributed by atoms with Crippen LogP contribution in [0.1, 0.15) is 51.9 Å². The Kier molecular flexibility index (Phi) is 3.93. The summed E-state index contributed by atoms with van der Waals surface area (Å²) >= 11 is 0. The zero-order chi connectivity index (χ0) is 13.2. The fourth-order valence-corrected chi connectivity index (χ4v) is 3.15. The average Bonchev–Trinajstić information content (AvgIpc) is 2.35. The molecule has 1 N–H and O–H groups in total. The Morgan fingerprint density at radius 1 is 1.39 bits per heavy atom. The van der Waals surface area contributed by atoms with Crippen molar-refractivity contribution in [2.24, 2.45) is 11.3 Å². The highest BCUT2D eigenvalue weighted by molar-refractivity contribution is 5.79. The van der Waals surface area contributed by atoms with Crippen LogP contribution in [0.15, 0.2) is 0 Å². The van der Waals surface area contributed by atoms with Crippen LogP contribution in [0, 0.1) is 11.3 Å². The van der Waals surface area contributed by atoms with Gasteiger partial charge in [-0.1, -0.05) is 6.92 Å². The molecule has 18 heavy (non-hydrogen) atoms. The molecule has 4 heteroatoms. The molecule has 1 amide bonds. The molecule has 2 fully saturated rings. The Labute approximate surface area is 108 Å². The molecular formula is C14H23NO3. The zero-order valence-electron chi connectivity index (χ0n) is 11.2. The normalized spacial score (nSPS) is 33.5. The van der Waals surface area contributed by atoms with Crippen molar-refractivity contribution in [3.8, 4) is 0 Å². The van der Waals surface area contributed by atoms with E-state index in [0.29, 0.717) is 31.7 Å². The van der Waals surface area contributed by atoms with E-state index >= 15 is 0 Å². The second-order valence-corrected chi connectivity index (χ2v) is 6.04. The molecule has 102 valence electrons. The van der Waals surface area contributed by atoms with Crippen molar-refractivity contribution in [3.05, 3.63) is 0 Å². The van der Waals surface area contributed by atoms with Crippen molar-refractivity contribution in [3.63, 3.8) is 0 Å². The number of carboxylic acid groups (broad SMARTS) is 1. The van der Waals surface area contributed by atoms with E-state index in [0.717, 1.165) is 32.2 Å². The van der Waals surface area contributed by atoms with Crippen LogP contribution in [0.25, 0.3) is 0 Å². The molecule has 1 saturated heterocycles. The van der Waals surface area contributed by atoms with Crippen molar-refractivity contribution < 1.29 is 14.7 Å². The molecule has 2 rings (SSSR count). The van der Waals surface area contributed by atoms with Crippen molar-refractivity contribution in [1.82, 2.24) is 4.90 Å². The van der Waals surface area contributed by atoms with Crippen LogP contribution >= 0.6 is 0 Å². The second-order valence-electron chi connectivity index (χ2n) is 6.04. The van der Waals surface area contributed by atoms with Crippen molar-refractivity contribution in [1.29, 1.82) is 0 Å². The number of amides is 1. The molecule has 0 bridgehead atoms. The summed E-state index contributed by atoms with van der Waals surface area (Å²) < 4.78 is 0. The Morgan fingerprint density at radius 3 is 2.61 bits per heavy atom. The van der Waals surface area contributed by atoms with E-state index in [1.807, 2.05) is 0 Å². The smallest absolute Gasteiger partial charge is 0.311 e. The lowest BCUT2D eigenvalue weighted by molar-refractivity contribution is -0.155. The maximum atomic E-state index is 11.8. The van der Waals surface area contributed by atoms with Gasteiger partial charge < -0.3 is 10.0 Å². The third-order valence-corrected chi connectivity index (χ3v) is 4.60. The fourth-order valence-electron chi connectivity index (χ4n) is 3.15. The average molecular weight is 253 g/mol. The summed E-state index contributed by atoms with van der Waals surface area (Å²) in [5.74, 6) is 0.0443. The van der Waals surface area contributed by atoms with Crippen LogP contribution in [-0.2, 0) is 9.59 Å². The van der Waals surface area contributed by atoms with Gasteiger partial charge in [-0.15, -0.1) is 0 Å². The van der Waals surface area contributed by atoms with Gasteiger partial charge in [0, 0.05) is 19.5 Å². The SMILES string of the molecule is CC1CCC(CN2CCCCC2=O)(C(=O)O)CC1. The Balaban J connectivity index is 2.06. The molecule has 1 heterocycles. The minimum atomic E-state index is -0.715. The number of rotatable bonds is 3. The van der Waals surface area contributed by atoms with Crippen molar-refractivity contribution >= 4 is 11.9 Å². The largest absolute Gasteiger partial charge is 0.481 e. The van der Waals surface area contributed by atoms with E-state index in [9.17, 15) is 14.7 Å². The van der Waals surface area contributed by atoms with E-state index in [-0.39, 0.29) is 5.91 Å². The minimum Gasteiger partial charge on any atom is -0.481 e. The first-order valence-corrected chi connectivity index (χ1v) is 7.05. The highest BCUT2D eigenvalue weighted by atomic mass is 16.4. The number of likely N-dealkylation sites (tertiary alicyclic amines) is 1. The first-order chi connectivity index (χ1) is 8.53. The molecule has 2 aliphatic rings. The summed E-state index contributed by atoms with van der Waals surface area (Å²) in [7, 11) is 0. The van der Waals surface area contributed by atoms with E-state index in [4.69, 9.17) is 0 Å². The summed E-state index contributed by atoms with van der Waals surface area (Å²) in [6.07, 6.45) is 5.92. The van der Waals surface area contributed by atoms with Gasteiger partial charge in [0.15, 0.2) is 0 Å². The van der Waals surface area contributed by atoms with E-state index in [1.54, 1.807) is 4.90 Å². The molecule has 0 aromatic rings. The minimum absolute atomic E-state index is 0.139. The molecule has 1 saturated carbocycles. The standard InChI is InChI=1S/C14H23NO3/c1-11-5-7-14(8-6-11,13(17)18)10-15-9-3-2-4-12(15)16/h11H,2-10H2,1H3,(H,17,18). The summed E-state index contributed by atoms with van der Waals surface area (Å²) in [4.78, 5) is 25.2. The van der Waals surface area contributed by atoms with Crippen LogP contribution in [-0.4, -0.2) is 35.0 Å². The maximum Gasteiger partial charge on any atom is 0.311 e. The monoisotopic (exact) mass is 253 g/mol. The molecule has 4 nitrogen and oxygen atoms in total. The number of carbonyl (C=O) groups excluding carboxylic acids is 1. The van der Waals surface area contributed by atoms with Crippen LogP contribution in [0.3, 0.4) is 0 Å². The third-order valence-electron chi connectivity index (χ3n) is 4.60. The molecule has 1 aliphatic heterocycles. The lowest BCUT2D eigenvalue weighted by atomic mass is 9.70. The van der Waals surface area contributed by atoms with Gasteiger partial charge in [0.2, 0.25) is 5.91 Å². The van der Waals surface area contributed by atoms with Crippen LogP contribution in [0.4, 0.5) is 0 Å². The van der Waals surface area contributed by atoms with Gasteiger partial charge in [0.25, 0.3) is 0 Å². The Hall–Kier alpha value is -1.06. The van der Waals surface area contributed by atoms with Gasteiger partial charge in [-0.3, -0.25) is 9.59 Å². The fraction of sp³-hybridized carbons (Fsp3) is 0.857. The number of piperidine rings is 1. The molecule has 0 radical (unpaired) electrons. The lowest BCUT2D eigenvalue weighted by Crippen LogP contribution is -2.48. The number of aliphatic carboxylic acids is 1. The summed E-state index contributed by atoms with van der Waals surface area (Å²) in [6, 6.07) is 0. The summed E-state index contributed by atoms with van der Waals surface area (Å²) in [6.45, 7) is 3.34. The Morgan fingerprint density at radius 2 is 2.06 bits per heavy atom. The Bertz CT molecular complexity index is 332. The highest BCUT2D eigenvalue weighted by Crippen LogP contribution is 2.40. The summed E-state index contributed by atoms with van der Waals surface area (Å²) in [5.41, 5.74) is -0.681. The van der Waals surface area contributed by atoms with Crippen LogP contribution < -0.4 is 0 Å². The van der Waals surface area contributed by atoms with Gasteiger partial charge in [0.05, 0.1) is 5.41 Å². The van der Waals surface area contributed by atoms with Crippen molar-refractivity contribution in [2.45, 2.75) is 51.9 Å². The second kappa shape index (κ2) is 5.29. The molecule has 1 aliphatic carbocycles. The number of nitrogens with zero attached hydrogens (tertiary/aromatic N) is 1. The lowest BCUT2D eigenvalue weighted by Gasteiger charge is -2.40. The quantitative estimate of drug-likeness (QED) is 0.839. The van der Waals surface area contributed by atoms with Crippen LogP contribution in [0.2, 0.25) is 0 Å². The van der Waals surface area contributed by atoms with E-state index in [1.165, 1.54) is 0 Å². The van der Waals surface area contributed by atoms with E-state index < -0.39 is 11.4 Å². The summed E-state index contributed by atoms with van der Waals surface area (Å²) in [5, 5.41) is 9.55. The van der Waals surface area contributed by atoms with Gasteiger partial charge in [0.1, 0.15) is 0 Å². The van der Waals surface area contributed by atoms with Gasteiger partial charge >= 0.3 is 5.97 Å². The predicted octanol–water partition coefficient (Wildman–Crippen LogP) is 2.28. The number of carbonyl (C=O) groups is 2. The first kappa shape index (κ1) is 13.4. The van der Waals surface area contributed by atoms with E-state index in [2.05, 4.69) is 6.92 Å². The van der Waals surface area contributed by atoms with Crippen LogP contribution in [0.5, 0.6) is 0 Å². The first-order valence-electron chi connectivity index (χ1n) is 7.05. The third kappa shape index (κ3) is 2.68. The molecule has 0 spiro atoms. The zero-order valence-corrected chi connectivity index (χ0v) is 11.2. The number of hydrogen-bond acceptors (Lipinski definition) is 2. The number of carboxylic acids is 1. The molecule has 0 aromatic carbocycles. The highest BCUT2D eigenvalue weighted by Gasteiger charge is 2.43. The number of hydrogen-bond donors (Lipinski definition) is 1. The molecule has 0 unspecified atom stereocenters. The molecule has 0 aromatic heterocycles. The van der Waals surface area contributed by atoms with Gasteiger partial charge in [-0.2, -0.15) is 0 Å².